The molecule has 2 rings (SSSR count). The lowest BCUT2D eigenvalue weighted by Gasteiger charge is -2.07. The summed E-state index contributed by atoms with van der Waals surface area (Å²) in [6.45, 7) is 5.59. The quantitative estimate of drug-likeness (QED) is 0.712. The van der Waals surface area contributed by atoms with E-state index in [1.54, 1.807) is 17.0 Å². The Labute approximate surface area is 93.2 Å². The van der Waals surface area contributed by atoms with Gasteiger partial charge in [-0.05, 0) is 20.8 Å². The van der Waals surface area contributed by atoms with Gasteiger partial charge in [0.2, 0.25) is 0 Å². The second-order valence-electron chi connectivity index (χ2n) is 3.62. The summed E-state index contributed by atoms with van der Waals surface area (Å²) in [6, 6.07) is 0. The summed E-state index contributed by atoms with van der Waals surface area (Å²) in [7, 11) is 0. The first-order chi connectivity index (χ1) is 7.61. The van der Waals surface area contributed by atoms with Crippen molar-refractivity contribution in [3.05, 3.63) is 35.3 Å². The van der Waals surface area contributed by atoms with Crippen molar-refractivity contribution in [1.82, 2.24) is 19.5 Å². The molecule has 0 spiro atoms. The summed E-state index contributed by atoms with van der Waals surface area (Å²) in [5.74, 6) is 2.20. The second kappa shape index (κ2) is 3.84. The van der Waals surface area contributed by atoms with Gasteiger partial charge in [0, 0.05) is 18.0 Å². The first-order valence-corrected chi connectivity index (χ1v) is 4.93. The predicted octanol–water partition coefficient (Wildman–Crippen LogP) is 1.40. The Bertz CT molecular complexity index is 545. The van der Waals surface area contributed by atoms with Gasteiger partial charge in [-0.25, -0.2) is 15.0 Å². The SMILES string of the molecule is Cc1ncc(C)c(-n2cc(C=O)nc2C)n1. The number of nitrogens with zero attached hydrogens (tertiary/aromatic N) is 4. The highest BCUT2D eigenvalue weighted by atomic mass is 16.1. The third-order valence-corrected chi connectivity index (χ3v) is 2.32. The minimum absolute atomic E-state index is 0.410. The molecule has 0 unspecified atom stereocenters. The summed E-state index contributed by atoms with van der Waals surface area (Å²) in [6.07, 6.45) is 4.17. The van der Waals surface area contributed by atoms with Gasteiger partial charge in [-0.2, -0.15) is 0 Å². The summed E-state index contributed by atoms with van der Waals surface area (Å²) in [4.78, 5) is 23.2. The van der Waals surface area contributed by atoms with E-state index in [0.29, 0.717) is 11.5 Å². The number of carbonyl (C=O) groups excluding carboxylic acids is 1. The molecule has 5 heteroatoms. The molecule has 0 N–H and O–H groups in total. The second-order valence-corrected chi connectivity index (χ2v) is 3.62. The van der Waals surface area contributed by atoms with Crippen molar-refractivity contribution >= 4 is 6.29 Å². The van der Waals surface area contributed by atoms with Crippen LogP contribution in [0.4, 0.5) is 0 Å². The molecule has 0 aromatic carbocycles. The van der Waals surface area contributed by atoms with Gasteiger partial charge >= 0.3 is 0 Å². The molecule has 0 aliphatic rings. The number of aldehydes is 1. The lowest BCUT2D eigenvalue weighted by Crippen LogP contribution is -2.04. The van der Waals surface area contributed by atoms with Crippen LogP contribution in [0, 0.1) is 20.8 Å². The first kappa shape index (κ1) is 10.5. The predicted molar refractivity (Wildman–Crippen MR) is 58.8 cm³/mol. The van der Waals surface area contributed by atoms with Crippen molar-refractivity contribution in [2.24, 2.45) is 0 Å². The minimum atomic E-state index is 0.410. The molecule has 0 saturated heterocycles. The Kier molecular flexibility index (Phi) is 2.52. The molecule has 5 nitrogen and oxygen atoms in total. The van der Waals surface area contributed by atoms with Gasteiger partial charge < -0.3 is 0 Å². The van der Waals surface area contributed by atoms with Crippen LogP contribution < -0.4 is 0 Å². The number of carbonyl (C=O) groups is 1. The van der Waals surface area contributed by atoms with Crippen LogP contribution in [-0.4, -0.2) is 25.8 Å². The number of hydrogen-bond donors (Lipinski definition) is 0. The molecule has 0 saturated carbocycles. The maximum absolute atomic E-state index is 10.6. The minimum Gasteiger partial charge on any atom is -0.296 e. The van der Waals surface area contributed by atoms with Crippen LogP contribution in [0.15, 0.2) is 12.4 Å². The van der Waals surface area contributed by atoms with Crippen LogP contribution in [0.1, 0.15) is 27.7 Å². The van der Waals surface area contributed by atoms with E-state index in [1.165, 1.54) is 0 Å². The average molecular weight is 216 g/mol. The molecule has 0 amide bonds. The fourth-order valence-electron chi connectivity index (χ4n) is 1.53. The highest BCUT2D eigenvalue weighted by Gasteiger charge is 2.09. The lowest BCUT2D eigenvalue weighted by atomic mass is 10.3. The monoisotopic (exact) mass is 216 g/mol. The Balaban J connectivity index is 2.61. The van der Waals surface area contributed by atoms with E-state index in [1.807, 2.05) is 20.8 Å². The number of aryl methyl sites for hydroxylation is 3. The van der Waals surface area contributed by atoms with Crippen LogP contribution in [0.2, 0.25) is 0 Å². The summed E-state index contributed by atoms with van der Waals surface area (Å²) < 4.78 is 1.80. The number of aromatic nitrogens is 4. The molecule has 0 radical (unpaired) electrons. The average Bonchev–Trinajstić information content (AvgIpc) is 2.63. The zero-order chi connectivity index (χ0) is 11.7. The fourth-order valence-corrected chi connectivity index (χ4v) is 1.53. The van der Waals surface area contributed by atoms with Crippen molar-refractivity contribution in [2.75, 3.05) is 0 Å². The Morgan fingerprint density at radius 3 is 2.62 bits per heavy atom. The largest absolute Gasteiger partial charge is 0.296 e. The Morgan fingerprint density at radius 1 is 1.25 bits per heavy atom. The molecule has 0 aliphatic carbocycles. The van der Waals surface area contributed by atoms with Crippen LogP contribution >= 0.6 is 0 Å². The Morgan fingerprint density at radius 2 is 2.00 bits per heavy atom. The van der Waals surface area contributed by atoms with E-state index in [2.05, 4.69) is 15.0 Å². The highest BCUT2D eigenvalue weighted by Crippen LogP contribution is 2.13. The van der Waals surface area contributed by atoms with E-state index in [-0.39, 0.29) is 0 Å². The Hall–Kier alpha value is -2.04. The van der Waals surface area contributed by atoms with Crippen molar-refractivity contribution in [3.63, 3.8) is 0 Å². The summed E-state index contributed by atoms with van der Waals surface area (Å²) in [5.41, 5.74) is 1.36. The molecule has 0 aliphatic heterocycles. The van der Waals surface area contributed by atoms with Crippen LogP contribution in [0.3, 0.4) is 0 Å². The molecule has 16 heavy (non-hydrogen) atoms. The van der Waals surface area contributed by atoms with Gasteiger partial charge in [0.05, 0.1) is 0 Å². The lowest BCUT2D eigenvalue weighted by molar-refractivity contribution is 0.111. The van der Waals surface area contributed by atoms with Gasteiger partial charge in [-0.1, -0.05) is 0 Å². The maximum atomic E-state index is 10.6. The van der Waals surface area contributed by atoms with Gasteiger partial charge in [0.15, 0.2) is 6.29 Å². The normalized spacial score (nSPS) is 10.4. The van der Waals surface area contributed by atoms with Crippen molar-refractivity contribution in [1.29, 1.82) is 0 Å². The number of imidazole rings is 1. The molecule has 82 valence electrons. The zero-order valence-electron chi connectivity index (χ0n) is 9.43. The van der Waals surface area contributed by atoms with Gasteiger partial charge in [0.25, 0.3) is 0 Å². The van der Waals surface area contributed by atoms with E-state index in [0.717, 1.165) is 23.5 Å². The fraction of sp³-hybridized carbons (Fsp3) is 0.273. The molecular formula is C11H12N4O. The third kappa shape index (κ3) is 1.71. The maximum Gasteiger partial charge on any atom is 0.170 e. The number of rotatable bonds is 2. The van der Waals surface area contributed by atoms with E-state index in [9.17, 15) is 4.79 Å². The molecule has 2 aromatic rings. The highest BCUT2D eigenvalue weighted by molar-refractivity contribution is 5.71. The van der Waals surface area contributed by atoms with Crippen molar-refractivity contribution in [3.8, 4) is 5.82 Å². The third-order valence-electron chi connectivity index (χ3n) is 2.32. The van der Waals surface area contributed by atoms with E-state index >= 15 is 0 Å². The van der Waals surface area contributed by atoms with Gasteiger partial charge in [-0.15, -0.1) is 0 Å². The summed E-state index contributed by atoms with van der Waals surface area (Å²) in [5, 5.41) is 0. The first-order valence-electron chi connectivity index (χ1n) is 4.93. The van der Waals surface area contributed by atoms with E-state index < -0.39 is 0 Å². The smallest absolute Gasteiger partial charge is 0.170 e. The molecule has 0 atom stereocenters. The van der Waals surface area contributed by atoms with Crippen LogP contribution in [0.5, 0.6) is 0 Å². The molecule has 0 fully saturated rings. The summed E-state index contributed by atoms with van der Waals surface area (Å²) >= 11 is 0. The van der Waals surface area contributed by atoms with Crippen LogP contribution in [-0.2, 0) is 0 Å². The number of hydrogen-bond acceptors (Lipinski definition) is 4. The topological polar surface area (TPSA) is 60.7 Å². The van der Waals surface area contributed by atoms with Gasteiger partial charge in [-0.3, -0.25) is 9.36 Å². The van der Waals surface area contributed by atoms with Crippen molar-refractivity contribution in [2.45, 2.75) is 20.8 Å². The molecular weight excluding hydrogens is 204 g/mol. The van der Waals surface area contributed by atoms with Crippen molar-refractivity contribution < 1.29 is 4.79 Å². The van der Waals surface area contributed by atoms with Crippen LogP contribution in [0.25, 0.3) is 5.82 Å². The zero-order valence-corrected chi connectivity index (χ0v) is 9.43. The van der Waals surface area contributed by atoms with E-state index in [4.69, 9.17) is 0 Å². The molecule has 2 aromatic heterocycles. The standard InChI is InChI=1S/C11H12N4O/c1-7-4-12-8(2)13-11(7)15-5-10(6-16)14-9(15)3/h4-6H,1-3H3. The molecule has 0 bridgehead atoms. The molecule has 2 heterocycles. The van der Waals surface area contributed by atoms with Gasteiger partial charge in [0.1, 0.15) is 23.2 Å².